The predicted octanol–water partition coefficient (Wildman–Crippen LogP) is 3.62. The average Bonchev–Trinajstić information content (AvgIpc) is 3.29. The van der Waals surface area contributed by atoms with E-state index in [1.54, 1.807) is 43.3 Å². The number of allylic oxidation sites excluding steroid dienone is 1. The molecule has 4 rings (SSSR count). The van der Waals surface area contributed by atoms with Gasteiger partial charge in [-0.05, 0) is 59.6 Å². The highest BCUT2D eigenvalue weighted by molar-refractivity contribution is 9.10. The number of fused-ring (bicyclic) bond motifs is 1. The van der Waals surface area contributed by atoms with Gasteiger partial charge in [0, 0.05) is 12.7 Å². The van der Waals surface area contributed by atoms with Gasteiger partial charge >= 0.3 is 5.97 Å². The lowest BCUT2D eigenvalue weighted by Gasteiger charge is -2.27. The average molecular weight is 672 g/mol. The van der Waals surface area contributed by atoms with Crippen molar-refractivity contribution in [2.75, 3.05) is 47.8 Å². The van der Waals surface area contributed by atoms with Gasteiger partial charge in [-0.25, -0.2) is 9.79 Å². The number of terminal acetylenes is 1. The Hall–Kier alpha value is -4.05. The Labute approximate surface area is 261 Å². The molecule has 0 saturated carbocycles. The van der Waals surface area contributed by atoms with Crippen molar-refractivity contribution in [2.24, 2.45) is 4.99 Å². The van der Waals surface area contributed by atoms with E-state index in [0.717, 1.165) is 0 Å². The minimum absolute atomic E-state index is 0.0391. The van der Waals surface area contributed by atoms with Gasteiger partial charge in [0.2, 0.25) is 0 Å². The van der Waals surface area contributed by atoms with E-state index in [0.29, 0.717) is 60.2 Å². The van der Waals surface area contributed by atoms with Gasteiger partial charge in [0.15, 0.2) is 27.8 Å². The molecule has 226 valence electrons. The fourth-order valence-electron chi connectivity index (χ4n) is 4.61. The molecule has 1 aliphatic heterocycles. The zero-order valence-corrected chi connectivity index (χ0v) is 26.8. The molecule has 43 heavy (non-hydrogen) atoms. The Morgan fingerprint density at radius 2 is 1.91 bits per heavy atom. The van der Waals surface area contributed by atoms with Crippen molar-refractivity contribution in [3.05, 3.63) is 76.9 Å². The van der Waals surface area contributed by atoms with E-state index in [9.17, 15) is 9.59 Å². The SMILES string of the molecule is C#CCOc1c(Br)cc(/C=c2/sc3n(c2=O)[C@@H](c2cccc(OC)c2OCC)C(C(=O)OCCOC)=C(C)N=3)cc1OC. The minimum Gasteiger partial charge on any atom is -0.493 e. The number of halogens is 1. The minimum atomic E-state index is -0.897. The number of nitrogens with zero attached hydrogens (tertiary/aromatic N) is 2. The summed E-state index contributed by atoms with van der Waals surface area (Å²) >= 11 is 4.70. The van der Waals surface area contributed by atoms with Crippen LogP contribution in [0.5, 0.6) is 23.0 Å². The van der Waals surface area contributed by atoms with Gasteiger partial charge in [-0.3, -0.25) is 9.36 Å². The Bertz CT molecular complexity index is 1770. The van der Waals surface area contributed by atoms with Gasteiger partial charge in [-0.1, -0.05) is 29.4 Å². The molecule has 1 aromatic heterocycles. The highest BCUT2D eigenvalue weighted by Gasteiger charge is 2.36. The van der Waals surface area contributed by atoms with E-state index in [2.05, 4.69) is 26.8 Å². The number of para-hydroxylation sites is 1. The summed E-state index contributed by atoms with van der Waals surface area (Å²) < 4.78 is 35.7. The lowest BCUT2D eigenvalue weighted by molar-refractivity contribution is -0.140. The lowest BCUT2D eigenvalue weighted by atomic mass is 9.94. The molecule has 0 unspecified atom stereocenters. The van der Waals surface area contributed by atoms with Crippen molar-refractivity contribution in [1.82, 2.24) is 4.57 Å². The number of benzene rings is 2. The van der Waals surface area contributed by atoms with Crippen LogP contribution in [-0.4, -0.2) is 58.3 Å². The van der Waals surface area contributed by atoms with Crippen LogP contribution in [0, 0.1) is 12.3 Å². The maximum absolute atomic E-state index is 14.1. The first-order valence-corrected chi connectivity index (χ1v) is 14.8. The number of carbonyl (C=O) groups excluding carboxylic acids is 1. The molecule has 12 heteroatoms. The first-order chi connectivity index (χ1) is 20.8. The largest absolute Gasteiger partial charge is 0.493 e. The summed E-state index contributed by atoms with van der Waals surface area (Å²) in [5, 5.41) is 0. The fourth-order valence-corrected chi connectivity index (χ4v) is 6.23. The van der Waals surface area contributed by atoms with E-state index in [1.165, 1.54) is 37.2 Å². The first kappa shape index (κ1) is 31.9. The van der Waals surface area contributed by atoms with E-state index in [4.69, 9.17) is 34.8 Å². The fraction of sp³-hybridized carbons (Fsp3) is 0.323. The summed E-state index contributed by atoms with van der Waals surface area (Å²) in [7, 11) is 4.56. The second-order valence-corrected chi connectivity index (χ2v) is 10.9. The molecule has 0 radical (unpaired) electrons. The van der Waals surface area contributed by atoms with Crippen LogP contribution >= 0.6 is 27.3 Å². The van der Waals surface area contributed by atoms with Gasteiger partial charge in [0.25, 0.3) is 5.56 Å². The molecule has 0 aliphatic carbocycles. The third-order valence-electron chi connectivity index (χ3n) is 6.42. The normalized spacial score (nSPS) is 14.4. The molecule has 0 N–H and O–H groups in total. The summed E-state index contributed by atoms with van der Waals surface area (Å²) in [6, 6.07) is 7.98. The van der Waals surface area contributed by atoms with Crippen LogP contribution in [0.1, 0.15) is 31.0 Å². The lowest BCUT2D eigenvalue weighted by Crippen LogP contribution is -2.40. The van der Waals surface area contributed by atoms with Gasteiger partial charge < -0.3 is 28.4 Å². The number of thiazole rings is 1. The first-order valence-electron chi connectivity index (χ1n) is 13.2. The quantitative estimate of drug-likeness (QED) is 0.164. The van der Waals surface area contributed by atoms with Gasteiger partial charge in [0.1, 0.15) is 19.3 Å². The van der Waals surface area contributed by atoms with Crippen LogP contribution in [0.25, 0.3) is 6.08 Å². The number of hydrogen-bond donors (Lipinski definition) is 0. The van der Waals surface area contributed by atoms with E-state index in [1.807, 2.05) is 6.92 Å². The van der Waals surface area contributed by atoms with Gasteiger partial charge in [-0.15, -0.1) is 6.42 Å². The summed E-state index contributed by atoms with van der Waals surface area (Å²) in [6.45, 7) is 4.22. The Morgan fingerprint density at radius 3 is 2.58 bits per heavy atom. The highest BCUT2D eigenvalue weighted by atomic mass is 79.9. The summed E-state index contributed by atoms with van der Waals surface area (Å²) in [5.74, 6) is 3.59. The zero-order valence-electron chi connectivity index (χ0n) is 24.4. The van der Waals surface area contributed by atoms with Gasteiger partial charge in [0.05, 0.1) is 47.7 Å². The maximum Gasteiger partial charge on any atom is 0.338 e. The third kappa shape index (κ3) is 6.64. The molecule has 10 nitrogen and oxygen atoms in total. The van der Waals surface area contributed by atoms with E-state index in [-0.39, 0.29) is 31.0 Å². The molecule has 3 aromatic rings. The summed E-state index contributed by atoms with van der Waals surface area (Å²) in [5.41, 5.74) is 1.51. The predicted molar refractivity (Wildman–Crippen MR) is 166 cm³/mol. The number of hydrogen-bond acceptors (Lipinski definition) is 10. The Kier molecular flexibility index (Phi) is 10.7. The molecule has 0 fully saturated rings. The van der Waals surface area contributed by atoms with Crippen molar-refractivity contribution < 1.29 is 33.2 Å². The van der Waals surface area contributed by atoms with Crippen LogP contribution in [0.4, 0.5) is 0 Å². The summed E-state index contributed by atoms with van der Waals surface area (Å²) in [6.07, 6.45) is 7.07. The molecule has 0 saturated heterocycles. The van der Waals surface area contributed by atoms with Crippen LogP contribution in [0.2, 0.25) is 0 Å². The van der Waals surface area contributed by atoms with Crippen molar-refractivity contribution in [3.8, 4) is 35.3 Å². The molecule has 0 spiro atoms. The Morgan fingerprint density at radius 1 is 1.14 bits per heavy atom. The van der Waals surface area contributed by atoms with Crippen LogP contribution < -0.4 is 33.8 Å². The third-order valence-corrected chi connectivity index (χ3v) is 8.00. The van der Waals surface area contributed by atoms with Crippen molar-refractivity contribution in [1.29, 1.82) is 0 Å². The molecular formula is C31H31BrN2O8S. The molecular weight excluding hydrogens is 640 g/mol. The number of methoxy groups -OCH3 is 3. The number of rotatable bonds is 12. The number of carbonyl (C=O) groups is 1. The number of esters is 1. The topological polar surface area (TPSA) is 107 Å². The molecule has 2 aromatic carbocycles. The van der Waals surface area contributed by atoms with Crippen LogP contribution in [0.3, 0.4) is 0 Å². The van der Waals surface area contributed by atoms with Crippen molar-refractivity contribution >= 4 is 39.3 Å². The smallest absolute Gasteiger partial charge is 0.338 e. The van der Waals surface area contributed by atoms with Crippen molar-refractivity contribution in [2.45, 2.75) is 19.9 Å². The molecule has 1 aliphatic rings. The van der Waals surface area contributed by atoms with Crippen LogP contribution in [0.15, 0.2) is 55.9 Å². The van der Waals surface area contributed by atoms with Crippen molar-refractivity contribution in [3.63, 3.8) is 0 Å². The number of aromatic nitrogens is 1. The molecule has 0 amide bonds. The molecule has 2 heterocycles. The highest BCUT2D eigenvalue weighted by Crippen LogP contribution is 2.41. The number of ether oxygens (including phenoxy) is 6. The standard InChI is InChI=1S/C31H31BrN2O8S/c1-7-12-41-28-21(32)15-19(16-23(28)39-6)17-24-29(35)34-26(20-10-9-11-22(38-5)27(20)40-8-2)25(18(3)33-31(34)43-24)30(36)42-14-13-37-4/h1,9-11,15-17,26H,8,12-14H2,2-6H3/b24-17+/t26-/m0/s1. The Balaban J connectivity index is 1.94. The van der Waals surface area contributed by atoms with E-state index >= 15 is 0 Å². The zero-order chi connectivity index (χ0) is 31.1. The van der Waals surface area contributed by atoms with E-state index < -0.39 is 12.0 Å². The second kappa shape index (κ2) is 14.4. The van der Waals surface area contributed by atoms with Crippen LogP contribution in [-0.2, 0) is 14.3 Å². The van der Waals surface area contributed by atoms with Gasteiger partial charge in [-0.2, -0.15) is 0 Å². The monoisotopic (exact) mass is 670 g/mol. The molecule has 0 bridgehead atoms. The molecule has 1 atom stereocenters. The maximum atomic E-state index is 14.1. The summed E-state index contributed by atoms with van der Waals surface area (Å²) in [4.78, 5) is 32.7. The second-order valence-electron chi connectivity index (χ2n) is 9.05.